The van der Waals surface area contributed by atoms with Crippen molar-refractivity contribution >= 4 is 11.9 Å². The van der Waals surface area contributed by atoms with E-state index < -0.39 is 28.9 Å². The highest BCUT2D eigenvalue weighted by molar-refractivity contribution is 5.83. The lowest BCUT2D eigenvalue weighted by Crippen LogP contribution is -2.59. The maximum atomic E-state index is 11.8. The minimum Gasteiger partial charge on any atom is -0.481 e. The molecule has 0 saturated carbocycles. The van der Waals surface area contributed by atoms with Gasteiger partial charge in [-0.05, 0) is 27.7 Å². The van der Waals surface area contributed by atoms with Gasteiger partial charge < -0.3 is 20.9 Å². The van der Waals surface area contributed by atoms with Gasteiger partial charge in [-0.15, -0.1) is 0 Å². The number of hydrogen-bond acceptors (Lipinski definition) is 4. The van der Waals surface area contributed by atoms with Crippen LogP contribution in [0.2, 0.25) is 0 Å². The van der Waals surface area contributed by atoms with Gasteiger partial charge in [0.05, 0.1) is 11.0 Å². The summed E-state index contributed by atoms with van der Waals surface area (Å²) in [4.78, 5) is 22.9. The number of methoxy groups -OCH3 is 1. The van der Waals surface area contributed by atoms with E-state index in [2.05, 4.69) is 5.32 Å². The summed E-state index contributed by atoms with van der Waals surface area (Å²) in [5.41, 5.74) is 3.35. The highest BCUT2D eigenvalue weighted by Gasteiger charge is 2.45. The molecule has 0 radical (unpaired) electrons. The topological polar surface area (TPSA) is 102 Å². The first-order valence-electron chi connectivity index (χ1n) is 5.38. The summed E-state index contributed by atoms with van der Waals surface area (Å²) in [6.45, 7) is 6.47. The largest absolute Gasteiger partial charge is 0.481 e. The van der Waals surface area contributed by atoms with Crippen LogP contribution in [0.4, 0.5) is 0 Å². The van der Waals surface area contributed by atoms with Crippen LogP contribution in [-0.2, 0) is 14.3 Å². The molecule has 100 valence electrons. The number of nitrogens with two attached hydrogens (primary N) is 1. The maximum absolute atomic E-state index is 11.8. The van der Waals surface area contributed by atoms with Gasteiger partial charge in [-0.25, -0.2) is 0 Å². The van der Waals surface area contributed by atoms with Crippen LogP contribution in [0, 0.1) is 5.41 Å². The van der Waals surface area contributed by atoms with Gasteiger partial charge >= 0.3 is 5.97 Å². The number of nitrogens with one attached hydrogen (secondary N) is 1. The molecule has 0 aliphatic rings. The molecule has 0 fully saturated rings. The fraction of sp³-hybridized carbons (Fsp3) is 0.818. The van der Waals surface area contributed by atoms with Crippen molar-refractivity contribution in [2.24, 2.45) is 11.1 Å². The van der Waals surface area contributed by atoms with Crippen LogP contribution in [-0.4, -0.2) is 42.3 Å². The summed E-state index contributed by atoms with van der Waals surface area (Å²) < 4.78 is 4.90. The third-order valence-corrected chi connectivity index (χ3v) is 3.32. The van der Waals surface area contributed by atoms with E-state index in [9.17, 15) is 9.59 Å². The molecule has 17 heavy (non-hydrogen) atoms. The number of carboxylic acids is 1. The zero-order valence-electron chi connectivity index (χ0n) is 11.0. The molecule has 0 aromatic heterocycles. The lowest BCUT2D eigenvalue weighted by molar-refractivity contribution is -0.152. The molecule has 0 aliphatic heterocycles. The fourth-order valence-electron chi connectivity index (χ4n) is 1.12. The molecule has 0 saturated heterocycles. The molecule has 0 bridgehead atoms. The van der Waals surface area contributed by atoms with E-state index in [0.717, 1.165) is 0 Å². The summed E-state index contributed by atoms with van der Waals surface area (Å²) in [5.74, 6) is -1.39. The molecule has 1 atom stereocenters. The quantitative estimate of drug-likeness (QED) is 0.610. The Labute approximate surface area is 102 Å². The molecule has 1 unspecified atom stereocenters. The number of aliphatic carboxylic acids is 1. The van der Waals surface area contributed by atoms with E-state index in [4.69, 9.17) is 15.6 Å². The van der Waals surface area contributed by atoms with Crippen LogP contribution in [0.3, 0.4) is 0 Å². The van der Waals surface area contributed by atoms with Gasteiger partial charge in [-0.2, -0.15) is 0 Å². The van der Waals surface area contributed by atoms with Crippen molar-refractivity contribution in [1.82, 2.24) is 5.32 Å². The zero-order chi connectivity index (χ0) is 13.9. The lowest BCUT2D eigenvalue weighted by Gasteiger charge is -2.39. The molecule has 0 rings (SSSR count). The van der Waals surface area contributed by atoms with Gasteiger partial charge in [0.1, 0.15) is 6.10 Å². The molecule has 6 nitrogen and oxygen atoms in total. The van der Waals surface area contributed by atoms with E-state index in [0.29, 0.717) is 0 Å². The second-order valence-corrected chi connectivity index (χ2v) is 5.00. The van der Waals surface area contributed by atoms with Crippen LogP contribution < -0.4 is 11.1 Å². The lowest BCUT2D eigenvalue weighted by atomic mass is 9.74. The average molecular weight is 246 g/mol. The Morgan fingerprint density at radius 3 is 2.12 bits per heavy atom. The summed E-state index contributed by atoms with van der Waals surface area (Å²) >= 11 is 0. The Hall–Kier alpha value is -1.14. The molecule has 0 heterocycles. The molecule has 0 spiro atoms. The molecule has 4 N–H and O–H groups in total. The number of amides is 1. The first-order valence-corrected chi connectivity index (χ1v) is 5.38. The van der Waals surface area contributed by atoms with Gasteiger partial charge in [0, 0.05) is 13.7 Å². The van der Waals surface area contributed by atoms with E-state index in [1.54, 1.807) is 27.7 Å². The Balaban J connectivity index is 4.87. The summed E-state index contributed by atoms with van der Waals surface area (Å²) in [7, 11) is 1.38. The molecule has 0 aromatic rings. The van der Waals surface area contributed by atoms with E-state index >= 15 is 0 Å². The fourth-order valence-corrected chi connectivity index (χ4v) is 1.12. The molecule has 0 aliphatic carbocycles. The smallest absolute Gasteiger partial charge is 0.311 e. The third-order valence-electron chi connectivity index (χ3n) is 3.32. The molecule has 6 heteroatoms. The van der Waals surface area contributed by atoms with Crippen LogP contribution in [0.25, 0.3) is 0 Å². The SMILES string of the molecule is COC(CN)C(=O)NC(C)(C)C(C)(C)C(=O)O. The highest BCUT2D eigenvalue weighted by Crippen LogP contribution is 2.30. The Bertz CT molecular complexity index is 296. The monoisotopic (exact) mass is 246 g/mol. The number of hydrogen-bond donors (Lipinski definition) is 3. The maximum Gasteiger partial charge on any atom is 0.311 e. The van der Waals surface area contributed by atoms with E-state index in [1.165, 1.54) is 7.11 Å². The van der Waals surface area contributed by atoms with Crippen molar-refractivity contribution < 1.29 is 19.4 Å². The first-order chi connectivity index (χ1) is 7.60. The standard InChI is InChI=1S/C11H22N2O4/c1-10(2,9(15)16)11(3,4)13-8(14)7(6-12)17-5/h7H,6,12H2,1-5H3,(H,13,14)(H,15,16). The summed E-state index contributed by atoms with van der Waals surface area (Å²) in [6.07, 6.45) is -0.765. The van der Waals surface area contributed by atoms with E-state index in [1.807, 2.05) is 0 Å². The number of rotatable bonds is 6. The second kappa shape index (κ2) is 5.46. The Kier molecular flexibility index (Phi) is 5.10. The van der Waals surface area contributed by atoms with Crippen molar-refractivity contribution in [3.05, 3.63) is 0 Å². The van der Waals surface area contributed by atoms with E-state index in [-0.39, 0.29) is 6.54 Å². The van der Waals surface area contributed by atoms with Crippen LogP contribution >= 0.6 is 0 Å². The van der Waals surface area contributed by atoms with Gasteiger partial charge in [0.25, 0.3) is 5.91 Å². The molecule has 1 amide bonds. The van der Waals surface area contributed by atoms with Crippen molar-refractivity contribution in [3.63, 3.8) is 0 Å². The van der Waals surface area contributed by atoms with Gasteiger partial charge in [0.15, 0.2) is 0 Å². The van der Waals surface area contributed by atoms with Crippen molar-refractivity contribution in [1.29, 1.82) is 0 Å². The van der Waals surface area contributed by atoms with Crippen LogP contribution in [0.15, 0.2) is 0 Å². The Morgan fingerprint density at radius 1 is 1.35 bits per heavy atom. The zero-order valence-corrected chi connectivity index (χ0v) is 11.0. The molecular weight excluding hydrogens is 224 g/mol. The highest BCUT2D eigenvalue weighted by atomic mass is 16.5. The first kappa shape index (κ1) is 15.9. The van der Waals surface area contributed by atoms with Crippen molar-refractivity contribution in [3.8, 4) is 0 Å². The summed E-state index contributed by atoms with van der Waals surface area (Å²) in [6, 6.07) is 0. The predicted octanol–water partition coefficient (Wildman–Crippen LogP) is -0.0343. The predicted molar refractivity (Wildman–Crippen MR) is 63.5 cm³/mol. The van der Waals surface area contributed by atoms with Gasteiger partial charge in [-0.1, -0.05) is 0 Å². The minimum atomic E-state index is -1.10. The number of carbonyl (C=O) groups excluding carboxylic acids is 1. The number of carboxylic acid groups (broad SMARTS) is 1. The van der Waals surface area contributed by atoms with Crippen LogP contribution in [0.1, 0.15) is 27.7 Å². The van der Waals surface area contributed by atoms with Gasteiger partial charge in [0.2, 0.25) is 0 Å². The van der Waals surface area contributed by atoms with Crippen molar-refractivity contribution in [2.75, 3.05) is 13.7 Å². The summed E-state index contributed by atoms with van der Waals surface area (Å²) in [5, 5.41) is 11.8. The average Bonchev–Trinajstić information content (AvgIpc) is 2.18. The Morgan fingerprint density at radius 2 is 1.82 bits per heavy atom. The second-order valence-electron chi connectivity index (χ2n) is 5.00. The normalized spacial score (nSPS) is 14.2. The third kappa shape index (κ3) is 3.41. The van der Waals surface area contributed by atoms with Gasteiger partial charge in [-0.3, -0.25) is 9.59 Å². The number of ether oxygens (including phenoxy) is 1. The number of carbonyl (C=O) groups is 2. The molecule has 0 aromatic carbocycles. The molecular formula is C11H22N2O4. The van der Waals surface area contributed by atoms with Crippen LogP contribution in [0.5, 0.6) is 0 Å². The minimum absolute atomic E-state index is 0.0475. The van der Waals surface area contributed by atoms with Crippen molar-refractivity contribution in [2.45, 2.75) is 39.3 Å².